The lowest BCUT2D eigenvalue weighted by molar-refractivity contribution is 0.507. The van der Waals surface area contributed by atoms with Crippen molar-refractivity contribution in [2.45, 2.75) is 58.0 Å². The molecule has 148 valence electrons. The van der Waals surface area contributed by atoms with Crippen LogP contribution in [-0.4, -0.2) is 34.3 Å². The number of hydrogen-bond acceptors (Lipinski definition) is 3. The first kappa shape index (κ1) is 21.7. The Morgan fingerprint density at radius 3 is 2.63 bits per heavy atom. The first-order valence-electron chi connectivity index (χ1n) is 9.51. The van der Waals surface area contributed by atoms with E-state index in [0.29, 0.717) is 6.54 Å². The van der Waals surface area contributed by atoms with Crippen molar-refractivity contribution >= 4 is 29.9 Å². The second-order valence-corrected chi connectivity index (χ2v) is 7.52. The molecule has 1 aliphatic rings. The molecule has 0 unspecified atom stereocenters. The summed E-state index contributed by atoms with van der Waals surface area (Å²) in [5, 5.41) is 15.6. The molecule has 6 nitrogen and oxygen atoms in total. The first-order chi connectivity index (χ1) is 12.6. The Labute approximate surface area is 179 Å². The molecule has 1 aromatic carbocycles. The standard InChI is InChI=1S/C20H30N6.HI/c1-20(2,16-10-6-4-7-11-16)15-23-19(21-3)22-14-18-25-24-17-12-8-5-9-13-26(17)18;/h4,6-7,10-11H,5,8-9,12-15H2,1-3H3,(H2,21,22,23);1H. The molecule has 2 aromatic rings. The molecule has 0 atom stereocenters. The van der Waals surface area contributed by atoms with Gasteiger partial charge in [0.25, 0.3) is 0 Å². The van der Waals surface area contributed by atoms with Crippen molar-refractivity contribution in [3.8, 4) is 0 Å². The highest BCUT2D eigenvalue weighted by molar-refractivity contribution is 14.0. The van der Waals surface area contributed by atoms with Crippen molar-refractivity contribution in [1.82, 2.24) is 25.4 Å². The van der Waals surface area contributed by atoms with E-state index in [1.165, 1.54) is 24.8 Å². The highest BCUT2D eigenvalue weighted by Crippen LogP contribution is 2.21. The lowest BCUT2D eigenvalue weighted by Gasteiger charge is -2.26. The molecule has 7 heteroatoms. The highest BCUT2D eigenvalue weighted by atomic mass is 127. The second-order valence-electron chi connectivity index (χ2n) is 7.52. The van der Waals surface area contributed by atoms with E-state index in [0.717, 1.165) is 37.1 Å². The first-order valence-corrected chi connectivity index (χ1v) is 9.51. The summed E-state index contributed by atoms with van der Waals surface area (Å²) in [6, 6.07) is 10.6. The summed E-state index contributed by atoms with van der Waals surface area (Å²) >= 11 is 0. The summed E-state index contributed by atoms with van der Waals surface area (Å²) in [5.74, 6) is 2.90. The third-order valence-corrected chi connectivity index (χ3v) is 5.08. The minimum absolute atomic E-state index is 0. The molecule has 2 heterocycles. The van der Waals surface area contributed by atoms with Gasteiger partial charge >= 0.3 is 0 Å². The number of benzene rings is 1. The zero-order valence-corrected chi connectivity index (χ0v) is 18.9. The predicted molar refractivity (Wildman–Crippen MR) is 121 cm³/mol. The van der Waals surface area contributed by atoms with Crippen LogP contribution in [0.25, 0.3) is 0 Å². The molecule has 0 saturated carbocycles. The number of aryl methyl sites for hydroxylation is 1. The maximum absolute atomic E-state index is 4.37. The lowest BCUT2D eigenvalue weighted by Crippen LogP contribution is -2.43. The smallest absolute Gasteiger partial charge is 0.191 e. The minimum atomic E-state index is 0. The molecule has 3 rings (SSSR count). The van der Waals surface area contributed by atoms with Crippen LogP contribution in [0.1, 0.15) is 50.3 Å². The molecule has 0 saturated heterocycles. The van der Waals surface area contributed by atoms with Crippen molar-refractivity contribution in [2.75, 3.05) is 13.6 Å². The lowest BCUT2D eigenvalue weighted by atomic mass is 9.85. The van der Waals surface area contributed by atoms with Crippen LogP contribution in [0.5, 0.6) is 0 Å². The molecule has 0 bridgehead atoms. The van der Waals surface area contributed by atoms with E-state index in [1.807, 2.05) is 0 Å². The molecule has 1 aliphatic heterocycles. The van der Waals surface area contributed by atoms with E-state index in [4.69, 9.17) is 0 Å². The van der Waals surface area contributed by atoms with Crippen LogP contribution >= 0.6 is 24.0 Å². The molecule has 0 radical (unpaired) electrons. The van der Waals surface area contributed by atoms with Gasteiger partial charge in [-0.15, -0.1) is 34.2 Å². The molecule has 0 spiro atoms. The Balaban J connectivity index is 0.00000261. The molecular weight excluding hydrogens is 451 g/mol. The van der Waals surface area contributed by atoms with Gasteiger partial charge in [-0.05, 0) is 18.4 Å². The fourth-order valence-corrected chi connectivity index (χ4v) is 3.36. The Morgan fingerprint density at radius 2 is 1.89 bits per heavy atom. The highest BCUT2D eigenvalue weighted by Gasteiger charge is 2.21. The summed E-state index contributed by atoms with van der Waals surface area (Å²) in [7, 11) is 1.80. The van der Waals surface area contributed by atoms with Gasteiger partial charge in [-0.25, -0.2) is 0 Å². The van der Waals surface area contributed by atoms with Crippen molar-refractivity contribution in [2.24, 2.45) is 4.99 Å². The van der Waals surface area contributed by atoms with Gasteiger partial charge in [0.1, 0.15) is 5.82 Å². The van der Waals surface area contributed by atoms with Gasteiger partial charge in [-0.2, -0.15) is 0 Å². The van der Waals surface area contributed by atoms with Gasteiger partial charge in [-0.1, -0.05) is 50.6 Å². The Morgan fingerprint density at radius 1 is 1.11 bits per heavy atom. The summed E-state index contributed by atoms with van der Waals surface area (Å²) in [4.78, 5) is 4.35. The number of guanidine groups is 1. The van der Waals surface area contributed by atoms with Gasteiger partial charge in [0, 0.05) is 32.0 Å². The maximum atomic E-state index is 4.37. The SMILES string of the molecule is CN=C(NCc1nnc2n1CCCCC2)NCC(C)(C)c1ccccc1.I. The quantitative estimate of drug-likeness (QED) is 0.390. The summed E-state index contributed by atoms with van der Waals surface area (Å²) in [5.41, 5.74) is 1.33. The minimum Gasteiger partial charge on any atom is -0.356 e. The van der Waals surface area contributed by atoms with E-state index >= 15 is 0 Å². The van der Waals surface area contributed by atoms with Gasteiger partial charge in [-0.3, -0.25) is 4.99 Å². The number of fused-ring (bicyclic) bond motifs is 1. The van der Waals surface area contributed by atoms with Crippen LogP contribution in [0.2, 0.25) is 0 Å². The monoisotopic (exact) mass is 482 g/mol. The van der Waals surface area contributed by atoms with Crippen LogP contribution < -0.4 is 10.6 Å². The fourth-order valence-electron chi connectivity index (χ4n) is 3.36. The molecule has 0 amide bonds. The fraction of sp³-hybridized carbons (Fsp3) is 0.550. The van der Waals surface area contributed by atoms with E-state index in [9.17, 15) is 0 Å². The average Bonchev–Trinajstić information content (AvgIpc) is 2.89. The third kappa shape index (κ3) is 5.67. The molecule has 0 aliphatic carbocycles. The van der Waals surface area contributed by atoms with Gasteiger partial charge in [0.05, 0.1) is 6.54 Å². The van der Waals surface area contributed by atoms with Crippen LogP contribution in [0.3, 0.4) is 0 Å². The van der Waals surface area contributed by atoms with Crippen molar-refractivity contribution in [3.05, 3.63) is 47.5 Å². The van der Waals surface area contributed by atoms with E-state index in [2.05, 4.69) is 74.6 Å². The molecular formula is C20H31IN6. The number of hydrogen-bond donors (Lipinski definition) is 2. The van der Waals surface area contributed by atoms with E-state index in [1.54, 1.807) is 7.05 Å². The van der Waals surface area contributed by atoms with E-state index in [-0.39, 0.29) is 29.4 Å². The summed E-state index contributed by atoms with van der Waals surface area (Å²) in [6.07, 6.45) is 4.72. The number of rotatable bonds is 5. The number of nitrogens with one attached hydrogen (secondary N) is 2. The number of halogens is 1. The molecule has 27 heavy (non-hydrogen) atoms. The van der Waals surface area contributed by atoms with Gasteiger partial charge in [0.2, 0.25) is 0 Å². The van der Waals surface area contributed by atoms with Gasteiger partial charge in [0.15, 0.2) is 11.8 Å². The molecule has 2 N–H and O–H groups in total. The van der Waals surface area contributed by atoms with Crippen molar-refractivity contribution < 1.29 is 0 Å². The normalized spacial score (nSPS) is 14.7. The zero-order valence-electron chi connectivity index (χ0n) is 16.5. The molecule has 1 aromatic heterocycles. The zero-order chi connectivity index (χ0) is 18.4. The number of nitrogens with zero attached hydrogens (tertiary/aromatic N) is 4. The second kappa shape index (κ2) is 10.1. The Kier molecular flexibility index (Phi) is 8.07. The van der Waals surface area contributed by atoms with Crippen LogP contribution in [0, 0.1) is 0 Å². The summed E-state index contributed by atoms with van der Waals surface area (Å²) < 4.78 is 2.27. The van der Waals surface area contributed by atoms with Gasteiger partial charge < -0.3 is 15.2 Å². The largest absolute Gasteiger partial charge is 0.356 e. The number of aromatic nitrogens is 3. The maximum Gasteiger partial charge on any atom is 0.191 e. The predicted octanol–water partition coefficient (Wildman–Crippen LogP) is 3.27. The Bertz CT molecular complexity index is 738. The number of aliphatic imine (C=N–C) groups is 1. The summed E-state index contributed by atoms with van der Waals surface area (Å²) in [6.45, 7) is 6.93. The van der Waals surface area contributed by atoms with Crippen LogP contribution in [-0.2, 0) is 24.9 Å². The topological polar surface area (TPSA) is 67.1 Å². The van der Waals surface area contributed by atoms with Crippen LogP contribution in [0.4, 0.5) is 0 Å². The van der Waals surface area contributed by atoms with E-state index < -0.39 is 0 Å². The Hall–Kier alpha value is -1.64. The average molecular weight is 482 g/mol. The van der Waals surface area contributed by atoms with Crippen LogP contribution in [0.15, 0.2) is 35.3 Å². The molecule has 0 fully saturated rings. The van der Waals surface area contributed by atoms with Crippen molar-refractivity contribution in [3.63, 3.8) is 0 Å². The third-order valence-electron chi connectivity index (χ3n) is 5.08. The van der Waals surface area contributed by atoms with Crippen molar-refractivity contribution in [1.29, 1.82) is 0 Å².